The van der Waals surface area contributed by atoms with Crippen LogP contribution in [0.25, 0.3) is 22.3 Å². The highest BCUT2D eigenvalue weighted by Crippen LogP contribution is 2.35. The van der Waals surface area contributed by atoms with E-state index in [2.05, 4.69) is 54.2 Å². The van der Waals surface area contributed by atoms with Gasteiger partial charge >= 0.3 is 6.18 Å². The maximum atomic E-state index is 13.2. The van der Waals surface area contributed by atoms with Gasteiger partial charge < -0.3 is 25.8 Å². The summed E-state index contributed by atoms with van der Waals surface area (Å²) < 4.78 is 39.6. The number of anilines is 3. The smallest absolute Gasteiger partial charge is 0.396 e. The van der Waals surface area contributed by atoms with Crippen LogP contribution < -0.4 is 16.0 Å². The zero-order valence-electron chi connectivity index (χ0n) is 19.7. The fourth-order valence-corrected chi connectivity index (χ4v) is 3.57. The fourth-order valence-electron chi connectivity index (χ4n) is 3.57. The molecule has 0 amide bonds. The second-order valence-corrected chi connectivity index (χ2v) is 8.56. The highest BCUT2D eigenvalue weighted by molar-refractivity contribution is 5.95. The lowest BCUT2D eigenvalue weighted by Crippen LogP contribution is -2.28. The molecule has 0 atom stereocenters. The molecule has 8 nitrogen and oxygen atoms in total. The van der Waals surface area contributed by atoms with Gasteiger partial charge in [0, 0.05) is 55.7 Å². The number of nitrogens with zero attached hydrogens (tertiary/aromatic N) is 5. The molecule has 0 spiro atoms. The molecule has 0 saturated carbocycles. The monoisotopic (exact) mass is 484 g/mol. The number of likely N-dealkylation sites (N-methyl/N-ethyl adjacent to an activating group) is 2. The summed E-state index contributed by atoms with van der Waals surface area (Å²) in [5.74, 6) is 0.315. The van der Waals surface area contributed by atoms with E-state index in [1.54, 1.807) is 6.20 Å². The molecule has 0 fully saturated rings. The summed E-state index contributed by atoms with van der Waals surface area (Å²) in [7, 11) is 6.14. The van der Waals surface area contributed by atoms with Crippen LogP contribution in [0.3, 0.4) is 0 Å². The third-order valence-corrected chi connectivity index (χ3v) is 5.64. The van der Waals surface area contributed by atoms with Gasteiger partial charge in [-0.2, -0.15) is 13.2 Å². The summed E-state index contributed by atoms with van der Waals surface area (Å²) in [5, 5.41) is 3.44. The van der Waals surface area contributed by atoms with Gasteiger partial charge in [0.05, 0.1) is 17.4 Å². The molecule has 0 radical (unpaired) electrons. The molecule has 11 heteroatoms. The Balaban J connectivity index is 1.51. The Hall–Kier alpha value is -3.86. The van der Waals surface area contributed by atoms with E-state index in [0.717, 1.165) is 36.6 Å². The van der Waals surface area contributed by atoms with Crippen molar-refractivity contribution in [1.29, 1.82) is 0 Å². The number of aromatic nitrogens is 4. The first-order chi connectivity index (χ1) is 16.6. The van der Waals surface area contributed by atoms with Crippen LogP contribution in [0.2, 0.25) is 0 Å². The maximum absolute atomic E-state index is 13.2. The van der Waals surface area contributed by atoms with Crippen molar-refractivity contribution in [2.75, 3.05) is 50.2 Å². The fraction of sp³-hybridized carbons (Fsp3) is 0.292. The Morgan fingerprint density at radius 3 is 2.46 bits per heavy atom. The normalized spacial score (nSPS) is 11.9. The van der Waals surface area contributed by atoms with Crippen molar-refractivity contribution in [3.05, 3.63) is 60.0 Å². The number of benzene rings is 1. The molecule has 35 heavy (non-hydrogen) atoms. The van der Waals surface area contributed by atoms with Gasteiger partial charge in [0.1, 0.15) is 11.3 Å². The summed E-state index contributed by atoms with van der Waals surface area (Å²) in [5.41, 5.74) is 8.70. The van der Waals surface area contributed by atoms with Gasteiger partial charge in [0.15, 0.2) is 0 Å². The number of fused-ring (bicyclic) bond motifs is 1. The minimum absolute atomic E-state index is 0.249. The van der Waals surface area contributed by atoms with E-state index in [1.807, 2.05) is 26.2 Å². The number of nitrogens with two attached hydrogens (primary N) is 1. The molecule has 0 aliphatic carbocycles. The predicted molar refractivity (Wildman–Crippen MR) is 132 cm³/mol. The number of halogens is 3. The van der Waals surface area contributed by atoms with Gasteiger partial charge in [0.25, 0.3) is 0 Å². The van der Waals surface area contributed by atoms with Gasteiger partial charge in [0.2, 0.25) is 5.95 Å². The Kier molecular flexibility index (Phi) is 6.79. The minimum atomic E-state index is -4.50. The number of hydrogen-bond acceptors (Lipinski definition) is 7. The number of alkyl halides is 3. The second-order valence-electron chi connectivity index (χ2n) is 8.56. The molecule has 184 valence electrons. The summed E-state index contributed by atoms with van der Waals surface area (Å²) in [6.07, 6.45) is -0.722. The van der Waals surface area contributed by atoms with Crippen molar-refractivity contribution in [2.45, 2.75) is 12.7 Å². The molecule has 3 aromatic heterocycles. The lowest BCUT2D eigenvalue weighted by Gasteiger charge is -2.21. The first-order valence-corrected chi connectivity index (χ1v) is 11.0. The van der Waals surface area contributed by atoms with Crippen LogP contribution in [0.4, 0.5) is 30.5 Å². The van der Waals surface area contributed by atoms with Gasteiger partial charge in [-0.05, 0) is 37.9 Å². The third kappa shape index (κ3) is 5.62. The van der Waals surface area contributed by atoms with Crippen molar-refractivity contribution >= 4 is 28.4 Å². The number of pyridine rings is 1. The number of hydrogen-bond donors (Lipinski definition) is 3. The van der Waals surface area contributed by atoms with Crippen LogP contribution in [0.15, 0.2) is 48.9 Å². The molecular weight excluding hydrogens is 457 g/mol. The first kappa shape index (κ1) is 24.3. The zero-order chi connectivity index (χ0) is 25.2. The summed E-state index contributed by atoms with van der Waals surface area (Å²) in [6.45, 7) is 2.35. The minimum Gasteiger partial charge on any atom is -0.396 e. The van der Waals surface area contributed by atoms with Gasteiger partial charge in [-0.15, -0.1) is 0 Å². The number of nitrogen functional groups attached to an aromatic ring is 1. The van der Waals surface area contributed by atoms with Gasteiger partial charge in [-0.25, -0.2) is 15.0 Å². The van der Waals surface area contributed by atoms with E-state index in [0.29, 0.717) is 29.4 Å². The van der Waals surface area contributed by atoms with Crippen molar-refractivity contribution in [3.8, 4) is 11.3 Å². The molecule has 4 aromatic rings. The SMILES string of the molecule is CN(C)CCN(C)c1ccc(CNc2ncc(N)c(-c3c[nH]c4ncc(C(F)(F)F)cc34)n2)cc1. The van der Waals surface area contributed by atoms with E-state index in [9.17, 15) is 13.2 Å². The molecule has 4 rings (SSSR count). The van der Waals surface area contributed by atoms with Crippen LogP contribution in [0.5, 0.6) is 0 Å². The lowest BCUT2D eigenvalue weighted by atomic mass is 10.1. The standard InChI is InChI=1S/C24H27F3N8/c1-34(2)8-9-35(3)17-6-4-15(5-7-17)11-31-23-32-14-20(28)21(33-23)19-13-30-22-18(19)10-16(12-29-22)24(25,26)27/h4-7,10,12-14H,8-9,11,28H2,1-3H3,(H,29,30)(H,31,32,33). The maximum Gasteiger partial charge on any atom is 0.417 e. The van der Waals surface area contributed by atoms with E-state index < -0.39 is 11.7 Å². The molecule has 0 unspecified atom stereocenters. The second kappa shape index (κ2) is 9.79. The van der Waals surface area contributed by atoms with Crippen molar-refractivity contribution in [1.82, 2.24) is 24.8 Å². The average molecular weight is 485 g/mol. The molecule has 0 aliphatic heterocycles. The zero-order valence-corrected chi connectivity index (χ0v) is 19.7. The van der Waals surface area contributed by atoms with Gasteiger partial charge in [-0.1, -0.05) is 12.1 Å². The van der Waals surface area contributed by atoms with E-state index in [-0.39, 0.29) is 11.1 Å². The van der Waals surface area contributed by atoms with Crippen LogP contribution >= 0.6 is 0 Å². The lowest BCUT2D eigenvalue weighted by molar-refractivity contribution is -0.137. The van der Waals surface area contributed by atoms with Crippen LogP contribution in [-0.4, -0.2) is 59.1 Å². The largest absolute Gasteiger partial charge is 0.417 e. The molecule has 0 bridgehead atoms. The highest BCUT2D eigenvalue weighted by Gasteiger charge is 2.31. The number of rotatable bonds is 8. The highest BCUT2D eigenvalue weighted by atomic mass is 19.4. The van der Waals surface area contributed by atoms with Gasteiger partial charge in [-0.3, -0.25) is 0 Å². The number of H-pyrrole nitrogens is 1. The predicted octanol–water partition coefficient (Wildman–Crippen LogP) is 4.23. The summed E-state index contributed by atoms with van der Waals surface area (Å²) in [4.78, 5) is 19.8. The molecule has 1 aromatic carbocycles. The Morgan fingerprint density at radius 2 is 1.77 bits per heavy atom. The third-order valence-electron chi connectivity index (χ3n) is 5.64. The average Bonchev–Trinajstić information content (AvgIpc) is 3.25. The van der Waals surface area contributed by atoms with Crippen LogP contribution in [0, 0.1) is 0 Å². The number of nitrogens with one attached hydrogen (secondary N) is 2. The van der Waals surface area contributed by atoms with E-state index in [4.69, 9.17) is 5.73 Å². The van der Waals surface area contributed by atoms with E-state index >= 15 is 0 Å². The molecule has 0 saturated heterocycles. The van der Waals surface area contributed by atoms with E-state index in [1.165, 1.54) is 6.20 Å². The Labute approximate surface area is 201 Å². The first-order valence-electron chi connectivity index (χ1n) is 11.0. The topological polar surface area (TPSA) is 99.0 Å². The Morgan fingerprint density at radius 1 is 1.03 bits per heavy atom. The Bertz CT molecular complexity index is 1300. The summed E-state index contributed by atoms with van der Waals surface area (Å²) >= 11 is 0. The quantitative estimate of drug-likeness (QED) is 0.344. The van der Waals surface area contributed by atoms with Crippen molar-refractivity contribution < 1.29 is 13.2 Å². The molecule has 3 heterocycles. The molecule has 4 N–H and O–H groups in total. The van der Waals surface area contributed by atoms with Crippen molar-refractivity contribution in [3.63, 3.8) is 0 Å². The van der Waals surface area contributed by atoms with Crippen molar-refractivity contribution in [2.24, 2.45) is 0 Å². The van der Waals surface area contributed by atoms with Crippen LogP contribution in [0.1, 0.15) is 11.1 Å². The number of aromatic amines is 1. The van der Waals surface area contributed by atoms with Crippen LogP contribution in [-0.2, 0) is 12.7 Å². The molecular formula is C24H27F3N8. The summed E-state index contributed by atoms with van der Waals surface area (Å²) in [6, 6.07) is 9.20. The molecule has 0 aliphatic rings.